The van der Waals surface area contributed by atoms with E-state index >= 15 is 0 Å². The predicted octanol–water partition coefficient (Wildman–Crippen LogP) is 5.06. The van der Waals surface area contributed by atoms with Crippen LogP contribution in [-0.2, 0) is 18.4 Å². The lowest BCUT2D eigenvalue weighted by Gasteiger charge is -2.06. The molecule has 0 aliphatic heterocycles. The Hall–Kier alpha value is -3.19. The molecule has 0 spiro atoms. The minimum absolute atomic E-state index is 0.181. The monoisotopic (exact) mass is 392 g/mol. The number of aryl methyl sites for hydroxylation is 3. The Balaban J connectivity index is 1.43. The molecule has 2 aromatic heterocycles. The quantitative estimate of drug-likeness (QED) is 0.527. The van der Waals surface area contributed by atoms with Crippen molar-refractivity contribution in [2.45, 2.75) is 20.5 Å². The maximum absolute atomic E-state index is 12.2. The normalized spacial score (nSPS) is 11.0. The number of thiazole rings is 1. The summed E-state index contributed by atoms with van der Waals surface area (Å²) in [5.74, 6) is 0. The number of benzene rings is 2. The van der Waals surface area contributed by atoms with E-state index in [1.54, 1.807) is 6.33 Å². The number of carbonyl (C=O) groups is 1. The summed E-state index contributed by atoms with van der Waals surface area (Å²) < 4.78 is 7.33. The number of anilines is 1. The molecule has 2 heterocycles. The lowest BCUT2D eigenvalue weighted by Crippen LogP contribution is -2.13. The summed E-state index contributed by atoms with van der Waals surface area (Å²) in [6.07, 6.45) is 1.27. The van der Waals surface area contributed by atoms with Crippen LogP contribution in [0.25, 0.3) is 21.6 Å². The molecule has 0 saturated heterocycles. The van der Waals surface area contributed by atoms with Gasteiger partial charge < -0.3 is 9.30 Å². The van der Waals surface area contributed by atoms with Crippen molar-refractivity contribution in [3.63, 3.8) is 0 Å². The van der Waals surface area contributed by atoms with Crippen molar-refractivity contribution in [1.82, 2.24) is 14.5 Å². The van der Waals surface area contributed by atoms with Gasteiger partial charge in [-0.05, 0) is 37.1 Å². The molecule has 4 rings (SSSR count). The molecular weight excluding hydrogens is 372 g/mol. The topological polar surface area (TPSA) is 69.0 Å². The molecule has 2 aromatic carbocycles. The summed E-state index contributed by atoms with van der Waals surface area (Å²) in [5.41, 5.74) is 5.80. The molecule has 0 aliphatic carbocycles. The zero-order chi connectivity index (χ0) is 19.7. The van der Waals surface area contributed by atoms with Crippen LogP contribution in [0.15, 0.2) is 48.8 Å². The van der Waals surface area contributed by atoms with Crippen molar-refractivity contribution in [3.8, 4) is 10.6 Å². The van der Waals surface area contributed by atoms with Gasteiger partial charge in [-0.25, -0.2) is 14.8 Å². The first-order valence-electron chi connectivity index (χ1n) is 8.88. The van der Waals surface area contributed by atoms with Crippen molar-refractivity contribution in [2.24, 2.45) is 7.05 Å². The first-order valence-corrected chi connectivity index (χ1v) is 9.70. The van der Waals surface area contributed by atoms with Gasteiger partial charge in [0.1, 0.15) is 16.6 Å². The second-order valence-electron chi connectivity index (χ2n) is 6.63. The zero-order valence-corrected chi connectivity index (χ0v) is 16.7. The van der Waals surface area contributed by atoms with Crippen LogP contribution in [0.4, 0.5) is 9.80 Å². The maximum Gasteiger partial charge on any atom is 0.412 e. The summed E-state index contributed by atoms with van der Waals surface area (Å²) in [5, 5.41) is 4.39. The van der Waals surface area contributed by atoms with Crippen LogP contribution in [0.5, 0.6) is 0 Å². The van der Waals surface area contributed by atoms with Crippen LogP contribution in [0.2, 0.25) is 0 Å². The van der Waals surface area contributed by atoms with Crippen LogP contribution in [0.1, 0.15) is 16.8 Å². The van der Waals surface area contributed by atoms with Crippen LogP contribution in [-0.4, -0.2) is 20.6 Å². The minimum atomic E-state index is -0.496. The smallest absolute Gasteiger partial charge is 0.412 e. The second kappa shape index (κ2) is 7.44. The Bertz CT molecular complexity index is 1160. The fraction of sp³-hybridized carbons (Fsp3) is 0.190. The second-order valence-corrected chi connectivity index (χ2v) is 7.63. The third-order valence-corrected chi connectivity index (χ3v) is 5.65. The van der Waals surface area contributed by atoms with Crippen LogP contribution in [0.3, 0.4) is 0 Å². The van der Waals surface area contributed by atoms with Crippen LogP contribution in [0, 0.1) is 13.8 Å². The summed E-state index contributed by atoms with van der Waals surface area (Å²) in [7, 11) is 1.95. The number of hydrogen-bond donors (Lipinski definition) is 1. The molecule has 0 saturated carbocycles. The number of nitrogens with zero attached hydrogens (tertiary/aromatic N) is 3. The van der Waals surface area contributed by atoms with E-state index in [-0.39, 0.29) is 6.61 Å². The highest BCUT2D eigenvalue weighted by Gasteiger charge is 2.14. The Morgan fingerprint density at radius 1 is 1.21 bits per heavy atom. The van der Waals surface area contributed by atoms with Gasteiger partial charge in [0.2, 0.25) is 0 Å². The third-order valence-electron chi connectivity index (χ3n) is 4.55. The molecule has 0 bridgehead atoms. The summed E-state index contributed by atoms with van der Waals surface area (Å²) in [6, 6.07) is 13.9. The number of amides is 1. The first kappa shape index (κ1) is 18.2. The number of rotatable bonds is 4. The van der Waals surface area contributed by atoms with E-state index in [2.05, 4.69) is 15.3 Å². The van der Waals surface area contributed by atoms with Gasteiger partial charge in [-0.3, -0.25) is 5.32 Å². The zero-order valence-electron chi connectivity index (χ0n) is 15.9. The first-order chi connectivity index (χ1) is 13.5. The average Bonchev–Trinajstić information content (AvgIpc) is 3.23. The number of imidazole rings is 1. The van der Waals surface area contributed by atoms with E-state index in [9.17, 15) is 4.79 Å². The molecule has 1 N–H and O–H groups in total. The molecule has 6 nitrogen and oxygen atoms in total. The van der Waals surface area contributed by atoms with Gasteiger partial charge in [0.15, 0.2) is 0 Å². The molecule has 0 aliphatic rings. The van der Waals surface area contributed by atoms with Crippen LogP contribution < -0.4 is 5.32 Å². The minimum Gasteiger partial charge on any atom is -0.444 e. The number of fused-ring (bicyclic) bond motifs is 1. The van der Waals surface area contributed by atoms with Crippen molar-refractivity contribution in [1.29, 1.82) is 0 Å². The predicted molar refractivity (Wildman–Crippen MR) is 112 cm³/mol. The Kier molecular flexibility index (Phi) is 4.83. The maximum atomic E-state index is 12.2. The van der Waals surface area contributed by atoms with Crippen LogP contribution >= 0.6 is 11.3 Å². The number of aromatic nitrogens is 3. The van der Waals surface area contributed by atoms with Crippen molar-refractivity contribution in [2.75, 3.05) is 5.32 Å². The SMILES string of the molecule is Cc1ccccc1-c1nc(C)c(NC(=O)OCc2ccc3c(c2)ncn3C)s1. The van der Waals surface area contributed by atoms with Gasteiger partial charge in [-0.15, -0.1) is 0 Å². The lowest BCUT2D eigenvalue weighted by atomic mass is 10.1. The van der Waals surface area contributed by atoms with E-state index < -0.39 is 6.09 Å². The van der Waals surface area contributed by atoms with Gasteiger partial charge in [0.05, 0.1) is 23.1 Å². The average molecular weight is 392 g/mol. The van der Waals surface area contributed by atoms with Gasteiger partial charge in [0.25, 0.3) is 0 Å². The van der Waals surface area contributed by atoms with Gasteiger partial charge >= 0.3 is 6.09 Å². The Labute approximate surface area is 166 Å². The molecule has 0 atom stereocenters. The van der Waals surface area contributed by atoms with Gasteiger partial charge in [-0.2, -0.15) is 0 Å². The molecule has 1 amide bonds. The van der Waals surface area contributed by atoms with E-state index in [0.29, 0.717) is 5.00 Å². The molecule has 0 unspecified atom stereocenters. The fourth-order valence-corrected chi connectivity index (χ4v) is 4.03. The molecule has 142 valence electrons. The Morgan fingerprint density at radius 2 is 2.04 bits per heavy atom. The highest BCUT2D eigenvalue weighted by atomic mass is 32.1. The van der Waals surface area contributed by atoms with Crippen molar-refractivity contribution in [3.05, 3.63) is 65.6 Å². The molecular formula is C21H20N4O2S. The van der Waals surface area contributed by atoms with E-state index in [1.807, 2.05) is 67.9 Å². The standard InChI is InChI=1S/C21H20N4O2S/c1-13-6-4-5-7-16(13)20-23-14(2)19(28-20)24-21(26)27-11-15-8-9-18-17(10-15)22-12-25(18)3/h4-10,12H,11H2,1-3H3,(H,24,26). The summed E-state index contributed by atoms with van der Waals surface area (Å²) in [4.78, 5) is 21.2. The largest absolute Gasteiger partial charge is 0.444 e. The Morgan fingerprint density at radius 3 is 2.86 bits per heavy atom. The number of nitrogens with one attached hydrogen (secondary N) is 1. The fourth-order valence-electron chi connectivity index (χ4n) is 2.99. The lowest BCUT2D eigenvalue weighted by molar-refractivity contribution is 0.155. The molecule has 7 heteroatoms. The number of ether oxygens (including phenoxy) is 1. The van der Waals surface area contributed by atoms with Gasteiger partial charge in [-0.1, -0.05) is 41.7 Å². The highest BCUT2D eigenvalue weighted by molar-refractivity contribution is 7.19. The highest BCUT2D eigenvalue weighted by Crippen LogP contribution is 2.33. The summed E-state index contributed by atoms with van der Waals surface area (Å²) >= 11 is 1.45. The van der Waals surface area contributed by atoms with E-state index in [4.69, 9.17) is 4.74 Å². The number of carbonyl (C=O) groups excluding carboxylic acids is 1. The number of hydrogen-bond acceptors (Lipinski definition) is 5. The third kappa shape index (κ3) is 3.61. The van der Waals surface area contributed by atoms with Gasteiger partial charge in [0, 0.05) is 12.6 Å². The molecule has 28 heavy (non-hydrogen) atoms. The van der Waals surface area contributed by atoms with Crippen molar-refractivity contribution < 1.29 is 9.53 Å². The molecule has 0 fully saturated rings. The van der Waals surface area contributed by atoms with E-state index in [0.717, 1.165) is 38.4 Å². The molecule has 4 aromatic rings. The van der Waals surface area contributed by atoms with Crippen molar-refractivity contribution >= 4 is 33.5 Å². The molecule has 0 radical (unpaired) electrons. The summed E-state index contributed by atoms with van der Waals surface area (Å²) in [6.45, 7) is 4.11. The van der Waals surface area contributed by atoms with E-state index in [1.165, 1.54) is 11.3 Å².